The van der Waals surface area contributed by atoms with Gasteiger partial charge in [-0.05, 0) is 81.7 Å². The molecule has 0 amide bonds. The molecule has 7 nitrogen and oxygen atoms in total. The fourth-order valence-electron chi connectivity index (χ4n) is 2.40. The first-order chi connectivity index (χ1) is 13.0. The van der Waals surface area contributed by atoms with Gasteiger partial charge in [-0.3, -0.25) is 14.4 Å². The van der Waals surface area contributed by atoms with Gasteiger partial charge >= 0.3 is 17.9 Å². The Labute approximate surface area is 176 Å². The molecule has 0 aliphatic rings. The molecular weight excluding hydrogens is 374 g/mol. The quantitative estimate of drug-likeness (QED) is 0.328. The van der Waals surface area contributed by atoms with Gasteiger partial charge in [-0.15, -0.1) is 0 Å². The van der Waals surface area contributed by atoms with E-state index in [1.807, 2.05) is 20.8 Å². The molecule has 0 heterocycles. The topological polar surface area (TPSA) is 90.9 Å². The molecule has 0 bridgehead atoms. The summed E-state index contributed by atoms with van der Waals surface area (Å²) < 4.78 is 16.0. The van der Waals surface area contributed by atoms with Crippen LogP contribution in [0.15, 0.2) is 0 Å². The number of unbranched alkanes of at least 4 members (excludes halogenated alkanes) is 2. The maximum Gasteiger partial charge on any atom is 0.324 e. The summed E-state index contributed by atoms with van der Waals surface area (Å²) in [5.74, 6) is -1.13. The molecule has 1 atom stereocenters. The van der Waals surface area contributed by atoms with Crippen LogP contribution < -0.4 is 5.32 Å². The van der Waals surface area contributed by atoms with Crippen molar-refractivity contribution in [3.05, 3.63) is 0 Å². The SMILES string of the molecule is CC(C)(C)OC(=O)CCCCCNC(CC(=O)OC(C)(C)C)C(=O)OC(C)(C)C. The maximum absolute atomic E-state index is 12.4. The van der Waals surface area contributed by atoms with Crippen molar-refractivity contribution >= 4 is 17.9 Å². The lowest BCUT2D eigenvalue weighted by atomic mass is 10.1. The predicted molar refractivity (Wildman–Crippen MR) is 112 cm³/mol. The summed E-state index contributed by atoms with van der Waals surface area (Å²) in [5, 5.41) is 3.09. The van der Waals surface area contributed by atoms with Crippen molar-refractivity contribution in [2.75, 3.05) is 6.54 Å². The van der Waals surface area contributed by atoms with Crippen molar-refractivity contribution in [2.24, 2.45) is 0 Å². The van der Waals surface area contributed by atoms with Gasteiger partial charge in [0, 0.05) is 6.42 Å². The molecule has 0 aromatic carbocycles. The first kappa shape index (κ1) is 27.4. The van der Waals surface area contributed by atoms with E-state index in [1.165, 1.54) is 0 Å². The van der Waals surface area contributed by atoms with Gasteiger partial charge in [0.15, 0.2) is 0 Å². The lowest BCUT2D eigenvalue weighted by Gasteiger charge is -2.25. The molecule has 1 N–H and O–H groups in total. The van der Waals surface area contributed by atoms with E-state index in [-0.39, 0.29) is 12.4 Å². The number of carbonyl (C=O) groups is 3. The van der Waals surface area contributed by atoms with Crippen molar-refractivity contribution in [3.63, 3.8) is 0 Å². The molecule has 0 radical (unpaired) electrons. The second-order valence-corrected chi connectivity index (χ2v) is 10.2. The number of rotatable bonds is 10. The van der Waals surface area contributed by atoms with Crippen LogP contribution >= 0.6 is 0 Å². The third-order valence-electron chi connectivity index (χ3n) is 3.35. The smallest absolute Gasteiger partial charge is 0.324 e. The van der Waals surface area contributed by atoms with E-state index in [4.69, 9.17) is 14.2 Å². The zero-order valence-corrected chi connectivity index (χ0v) is 19.8. The number of ether oxygens (including phenoxy) is 3. The molecule has 0 aliphatic carbocycles. The van der Waals surface area contributed by atoms with Gasteiger partial charge in [-0.25, -0.2) is 0 Å². The van der Waals surface area contributed by atoms with Crippen LogP contribution in [0.5, 0.6) is 0 Å². The van der Waals surface area contributed by atoms with Crippen molar-refractivity contribution in [1.29, 1.82) is 0 Å². The van der Waals surface area contributed by atoms with Crippen molar-refractivity contribution in [1.82, 2.24) is 5.32 Å². The van der Waals surface area contributed by atoms with Crippen LogP contribution in [0.4, 0.5) is 0 Å². The van der Waals surface area contributed by atoms with E-state index in [9.17, 15) is 14.4 Å². The Morgan fingerprint density at radius 2 is 1.17 bits per heavy atom. The summed E-state index contributed by atoms with van der Waals surface area (Å²) in [7, 11) is 0. The average molecular weight is 416 g/mol. The molecule has 0 aromatic heterocycles. The zero-order chi connectivity index (χ0) is 22.9. The molecule has 0 rings (SSSR count). The third-order valence-corrected chi connectivity index (χ3v) is 3.35. The van der Waals surface area contributed by atoms with Crippen LogP contribution in [0.2, 0.25) is 0 Å². The van der Waals surface area contributed by atoms with E-state index in [0.29, 0.717) is 19.4 Å². The molecular formula is C22H41NO6. The van der Waals surface area contributed by atoms with Gasteiger partial charge in [0.1, 0.15) is 22.8 Å². The number of esters is 3. The van der Waals surface area contributed by atoms with E-state index in [1.54, 1.807) is 41.5 Å². The maximum atomic E-state index is 12.4. The molecule has 0 spiro atoms. The van der Waals surface area contributed by atoms with Crippen LogP contribution in [0.3, 0.4) is 0 Å². The summed E-state index contributed by atoms with van der Waals surface area (Å²) >= 11 is 0. The average Bonchev–Trinajstić information content (AvgIpc) is 2.43. The molecule has 0 saturated carbocycles. The summed E-state index contributed by atoms with van der Waals surface area (Å²) in [6.45, 7) is 16.8. The second-order valence-electron chi connectivity index (χ2n) is 10.2. The lowest BCUT2D eigenvalue weighted by molar-refractivity contribution is -0.164. The fourth-order valence-corrected chi connectivity index (χ4v) is 2.40. The van der Waals surface area contributed by atoms with Crippen molar-refractivity contribution in [2.45, 2.75) is 117 Å². The van der Waals surface area contributed by atoms with E-state index in [2.05, 4.69) is 5.32 Å². The van der Waals surface area contributed by atoms with Crippen molar-refractivity contribution < 1.29 is 28.6 Å². The zero-order valence-electron chi connectivity index (χ0n) is 19.8. The Hall–Kier alpha value is -1.63. The Morgan fingerprint density at radius 3 is 1.66 bits per heavy atom. The highest BCUT2D eigenvalue weighted by Crippen LogP contribution is 2.14. The van der Waals surface area contributed by atoms with Gasteiger partial charge in [-0.2, -0.15) is 0 Å². The number of hydrogen-bond donors (Lipinski definition) is 1. The minimum absolute atomic E-state index is 0.0932. The van der Waals surface area contributed by atoms with Gasteiger partial charge < -0.3 is 19.5 Å². The minimum atomic E-state index is -0.769. The molecule has 0 aliphatic heterocycles. The van der Waals surface area contributed by atoms with Crippen molar-refractivity contribution in [3.8, 4) is 0 Å². The number of carbonyl (C=O) groups excluding carboxylic acids is 3. The number of hydrogen-bond acceptors (Lipinski definition) is 7. The molecule has 7 heteroatoms. The summed E-state index contributed by atoms with van der Waals surface area (Å²) in [4.78, 5) is 36.3. The molecule has 170 valence electrons. The number of nitrogens with one attached hydrogen (secondary N) is 1. The Morgan fingerprint density at radius 1 is 0.690 bits per heavy atom. The largest absolute Gasteiger partial charge is 0.460 e. The fraction of sp³-hybridized carbons (Fsp3) is 0.864. The highest BCUT2D eigenvalue weighted by atomic mass is 16.6. The van der Waals surface area contributed by atoms with E-state index >= 15 is 0 Å². The van der Waals surface area contributed by atoms with Crippen LogP contribution in [-0.4, -0.2) is 47.3 Å². The van der Waals surface area contributed by atoms with E-state index in [0.717, 1.165) is 12.8 Å². The Bertz CT molecular complexity index is 537. The predicted octanol–water partition coefficient (Wildman–Crippen LogP) is 3.92. The molecule has 0 aromatic rings. The normalized spacial score (nSPS) is 13.6. The van der Waals surface area contributed by atoms with Gasteiger partial charge in [0.05, 0.1) is 6.42 Å². The van der Waals surface area contributed by atoms with Crippen LogP contribution in [0, 0.1) is 0 Å². The molecule has 0 fully saturated rings. The summed E-state index contributed by atoms with van der Waals surface area (Å²) in [6, 6.07) is -0.769. The summed E-state index contributed by atoms with van der Waals surface area (Å²) in [5.41, 5.74) is -1.73. The van der Waals surface area contributed by atoms with Crippen LogP contribution in [0.25, 0.3) is 0 Å². The Balaban J connectivity index is 4.49. The van der Waals surface area contributed by atoms with Gasteiger partial charge in [0.25, 0.3) is 0 Å². The van der Waals surface area contributed by atoms with Gasteiger partial charge in [-0.1, -0.05) is 6.42 Å². The monoisotopic (exact) mass is 415 g/mol. The first-order valence-corrected chi connectivity index (χ1v) is 10.4. The molecule has 29 heavy (non-hydrogen) atoms. The highest BCUT2D eigenvalue weighted by Gasteiger charge is 2.29. The van der Waals surface area contributed by atoms with Gasteiger partial charge in [0.2, 0.25) is 0 Å². The molecule has 1 unspecified atom stereocenters. The highest BCUT2D eigenvalue weighted by molar-refractivity contribution is 5.83. The third kappa shape index (κ3) is 17.0. The minimum Gasteiger partial charge on any atom is -0.460 e. The molecule has 0 saturated heterocycles. The Kier molecular flexibility index (Phi) is 10.9. The van der Waals surface area contributed by atoms with E-state index < -0.39 is 34.8 Å². The standard InChI is InChI=1S/C22H41NO6/c1-20(2,3)27-17(24)13-11-10-12-14-23-16(19(26)29-22(7,8)9)15-18(25)28-21(4,5)6/h16,23H,10-15H2,1-9H3. The summed E-state index contributed by atoms with van der Waals surface area (Å²) in [6.07, 6.45) is 2.55. The lowest BCUT2D eigenvalue weighted by Crippen LogP contribution is -2.44. The van der Waals surface area contributed by atoms with Crippen LogP contribution in [0.1, 0.15) is 94.4 Å². The first-order valence-electron chi connectivity index (χ1n) is 10.4. The second kappa shape index (κ2) is 11.5. The van der Waals surface area contributed by atoms with Crippen LogP contribution in [-0.2, 0) is 28.6 Å².